The Morgan fingerprint density at radius 1 is 1.21 bits per heavy atom. The number of hydrogen-bond acceptors (Lipinski definition) is 8. The van der Waals surface area contributed by atoms with E-state index in [4.69, 9.17) is 34.7 Å². The number of rotatable bonds is 6. The fourth-order valence-electron chi connectivity index (χ4n) is 3.36. The molecule has 1 aliphatic carbocycles. The molecule has 0 saturated heterocycles. The van der Waals surface area contributed by atoms with Crippen molar-refractivity contribution in [3.05, 3.63) is 43.8 Å². The van der Waals surface area contributed by atoms with Crippen LogP contribution >= 0.6 is 23.2 Å². The SMILES string of the molecule is Nc1nc(NCc2cncc(Cl)c2Cl)nc(CC2CCC(N)CC2)c1[N+](=O)[O-]. The van der Waals surface area contributed by atoms with E-state index < -0.39 is 4.92 Å². The van der Waals surface area contributed by atoms with Crippen molar-refractivity contribution in [2.45, 2.75) is 44.7 Å². The quantitative estimate of drug-likeness (QED) is 0.471. The number of nitrogen functional groups attached to an aromatic ring is 1. The summed E-state index contributed by atoms with van der Waals surface area (Å²) in [4.78, 5) is 23.3. The van der Waals surface area contributed by atoms with Gasteiger partial charge in [0, 0.05) is 30.5 Å². The number of nitrogens with one attached hydrogen (secondary N) is 1. The first kappa shape index (κ1) is 20.5. The van der Waals surface area contributed by atoms with Crippen molar-refractivity contribution in [1.82, 2.24) is 15.0 Å². The number of nitro groups is 1. The van der Waals surface area contributed by atoms with Gasteiger partial charge in [-0.2, -0.15) is 4.98 Å². The van der Waals surface area contributed by atoms with E-state index in [1.807, 2.05) is 0 Å². The summed E-state index contributed by atoms with van der Waals surface area (Å²) in [5.41, 5.74) is 12.6. The maximum absolute atomic E-state index is 11.5. The topological polar surface area (TPSA) is 146 Å². The van der Waals surface area contributed by atoms with Crippen LogP contribution in [-0.4, -0.2) is 25.9 Å². The van der Waals surface area contributed by atoms with Gasteiger partial charge in [0.15, 0.2) is 0 Å². The standard InChI is InChI=1S/C17H21Cl2N7O2/c18-12-8-22-6-10(14(12)19)7-23-17-24-13(15(26(27)28)16(21)25-17)5-9-1-3-11(20)4-2-9/h6,8-9,11H,1-5,7,20H2,(H3,21,23,24,25). The van der Waals surface area contributed by atoms with E-state index in [1.165, 1.54) is 6.20 Å². The van der Waals surface area contributed by atoms with Crippen LogP contribution in [0.15, 0.2) is 12.4 Å². The summed E-state index contributed by atoms with van der Waals surface area (Å²) in [5, 5.41) is 15.2. The van der Waals surface area contributed by atoms with E-state index >= 15 is 0 Å². The van der Waals surface area contributed by atoms with Crippen LogP contribution < -0.4 is 16.8 Å². The summed E-state index contributed by atoms with van der Waals surface area (Å²) in [6, 6.07) is 0.204. The van der Waals surface area contributed by atoms with Crippen LogP contribution in [0, 0.1) is 16.0 Å². The first-order chi connectivity index (χ1) is 13.3. The third-order valence-corrected chi connectivity index (χ3v) is 5.72. The minimum Gasteiger partial charge on any atom is -0.378 e. The molecule has 5 N–H and O–H groups in total. The van der Waals surface area contributed by atoms with Crippen LogP contribution in [-0.2, 0) is 13.0 Å². The number of nitrogens with zero attached hydrogens (tertiary/aromatic N) is 4. The Hall–Kier alpha value is -2.23. The lowest BCUT2D eigenvalue weighted by Gasteiger charge is -2.25. The molecule has 28 heavy (non-hydrogen) atoms. The van der Waals surface area contributed by atoms with E-state index in [2.05, 4.69) is 20.3 Å². The average molecular weight is 426 g/mol. The lowest BCUT2D eigenvalue weighted by Crippen LogP contribution is -2.27. The van der Waals surface area contributed by atoms with Crippen molar-refractivity contribution < 1.29 is 4.92 Å². The number of halogens is 2. The van der Waals surface area contributed by atoms with Gasteiger partial charge in [0.25, 0.3) is 0 Å². The van der Waals surface area contributed by atoms with Gasteiger partial charge in [-0.05, 0) is 38.0 Å². The fourth-order valence-corrected chi connectivity index (χ4v) is 3.71. The Kier molecular flexibility index (Phi) is 6.48. The second-order valence-electron chi connectivity index (χ2n) is 6.92. The number of nitrogens with two attached hydrogens (primary N) is 2. The van der Waals surface area contributed by atoms with Gasteiger partial charge in [0.05, 0.1) is 15.0 Å². The van der Waals surface area contributed by atoms with Gasteiger partial charge in [0.1, 0.15) is 5.69 Å². The van der Waals surface area contributed by atoms with Gasteiger partial charge in [-0.25, -0.2) is 4.98 Å². The van der Waals surface area contributed by atoms with Crippen LogP contribution in [0.1, 0.15) is 36.9 Å². The predicted octanol–water partition coefficient (Wildman–Crippen LogP) is 3.34. The van der Waals surface area contributed by atoms with Crippen LogP contribution in [0.3, 0.4) is 0 Å². The average Bonchev–Trinajstić information content (AvgIpc) is 2.64. The van der Waals surface area contributed by atoms with Gasteiger partial charge in [-0.1, -0.05) is 23.2 Å². The molecule has 0 aliphatic heterocycles. The van der Waals surface area contributed by atoms with Gasteiger partial charge < -0.3 is 16.8 Å². The third-order valence-electron chi connectivity index (χ3n) is 4.89. The van der Waals surface area contributed by atoms with Crippen LogP contribution in [0.25, 0.3) is 0 Å². The van der Waals surface area contributed by atoms with Crippen molar-refractivity contribution >= 4 is 40.7 Å². The number of aromatic nitrogens is 3. The Balaban J connectivity index is 1.81. The molecule has 9 nitrogen and oxygen atoms in total. The maximum Gasteiger partial charge on any atom is 0.332 e. The van der Waals surface area contributed by atoms with Gasteiger partial charge in [-0.3, -0.25) is 15.1 Å². The van der Waals surface area contributed by atoms with Crippen LogP contribution in [0.2, 0.25) is 10.0 Å². The van der Waals surface area contributed by atoms with E-state index in [9.17, 15) is 10.1 Å². The fraction of sp³-hybridized carbons (Fsp3) is 0.471. The largest absolute Gasteiger partial charge is 0.378 e. The molecule has 0 radical (unpaired) electrons. The summed E-state index contributed by atoms with van der Waals surface area (Å²) in [6.07, 6.45) is 7.12. The van der Waals surface area contributed by atoms with Crippen molar-refractivity contribution in [2.75, 3.05) is 11.1 Å². The van der Waals surface area contributed by atoms with E-state index in [0.29, 0.717) is 27.7 Å². The van der Waals surface area contributed by atoms with Crippen molar-refractivity contribution in [3.63, 3.8) is 0 Å². The van der Waals surface area contributed by atoms with Crippen LogP contribution in [0.4, 0.5) is 17.5 Å². The highest BCUT2D eigenvalue weighted by molar-refractivity contribution is 6.42. The zero-order valence-electron chi connectivity index (χ0n) is 15.1. The minimum absolute atomic E-state index is 0.166. The Morgan fingerprint density at radius 3 is 2.61 bits per heavy atom. The Morgan fingerprint density at radius 2 is 1.93 bits per heavy atom. The smallest absolute Gasteiger partial charge is 0.332 e. The van der Waals surface area contributed by atoms with Crippen molar-refractivity contribution in [2.24, 2.45) is 11.7 Å². The monoisotopic (exact) mass is 425 g/mol. The summed E-state index contributed by atoms with van der Waals surface area (Å²) >= 11 is 12.1. The minimum atomic E-state index is -0.527. The van der Waals surface area contributed by atoms with E-state index in [-0.39, 0.29) is 36.0 Å². The first-order valence-corrected chi connectivity index (χ1v) is 9.68. The normalized spacial score (nSPS) is 19.4. The van der Waals surface area contributed by atoms with Gasteiger partial charge >= 0.3 is 5.69 Å². The summed E-state index contributed by atoms with van der Waals surface area (Å²) < 4.78 is 0. The molecular weight excluding hydrogens is 405 g/mol. The molecule has 0 aromatic carbocycles. The molecule has 150 valence electrons. The second-order valence-corrected chi connectivity index (χ2v) is 7.70. The van der Waals surface area contributed by atoms with Crippen molar-refractivity contribution in [3.8, 4) is 0 Å². The molecule has 2 aromatic heterocycles. The van der Waals surface area contributed by atoms with Gasteiger partial charge in [0.2, 0.25) is 11.8 Å². The molecule has 0 unspecified atom stereocenters. The molecule has 3 rings (SSSR count). The summed E-state index contributed by atoms with van der Waals surface area (Å²) in [5.74, 6) is 0.314. The third kappa shape index (κ3) is 4.78. The highest BCUT2D eigenvalue weighted by Gasteiger charge is 2.27. The number of pyridine rings is 1. The number of anilines is 2. The summed E-state index contributed by atoms with van der Waals surface area (Å²) in [7, 11) is 0. The Bertz CT molecular complexity index is 873. The van der Waals surface area contributed by atoms with E-state index in [0.717, 1.165) is 25.7 Å². The molecule has 0 bridgehead atoms. The first-order valence-electron chi connectivity index (χ1n) is 8.93. The second kappa shape index (κ2) is 8.85. The predicted molar refractivity (Wildman–Crippen MR) is 108 cm³/mol. The summed E-state index contributed by atoms with van der Waals surface area (Å²) in [6.45, 7) is 0.251. The lowest BCUT2D eigenvalue weighted by molar-refractivity contribution is -0.385. The van der Waals surface area contributed by atoms with Gasteiger partial charge in [-0.15, -0.1) is 0 Å². The molecule has 1 fully saturated rings. The lowest BCUT2D eigenvalue weighted by atomic mass is 9.83. The molecule has 0 amide bonds. The molecule has 2 heterocycles. The molecule has 1 aliphatic rings. The highest BCUT2D eigenvalue weighted by atomic mass is 35.5. The Labute approximate surface area is 172 Å². The molecule has 11 heteroatoms. The van der Waals surface area contributed by atoms with Crippen molar-refractivity contribution in [1.29, 1.82) is 0 Å². The number of hydrogen-bond donors (Lipinski definition) is 3. The van der Waals surface area contributed by atoms with Crippen LogP contribution in [0.5, 0.6) is 0 Å². The molecule has 0 atom stereocenters. The maximum atomic E-state index is 11.5. The molecular formula is C17H21Cl2N7O2. The zero-order valence-corrected chi connectivity index (χ0v) is 16.6. The zero-order chi connectivity index (χ0) is 20.3. The highest BCUT2D eigenvalue weighted by Crippen LogP contribution is 2.32. The molecule has 2 aromatic rings. The van der Waals surface area contributed by atoms with E-state index in [1.54, 1.807) is 6.20 Å². The molecule has 1 saturated carbocycles. The molecule has 0 spiro atoms.